The third kappa shape index (κ3) is 2.43. The van der Waals surface area contributed by atoms with Crippen LogP contribution in [0.25, 0.3) is 0 Å². The van der Waals surface area contributed by atoms with Crippen molar-refractivity contribution in [1.82, 2.24) is 0 Å². The molecule has 0 heterocycles. The zero-order valence-corrected chi connectivity index (χ0v) is 15.9. The van der Waals surface area contributed by atoms with Crippen LogP contribution in [0.15, 0.2) is 17.0 Å². The van der Waals surface area contributed by atoms with Crippen LogP contribution < -0.4 is 4.89 Å². The first kappa shape index (κ1) is 16.8. The monoisotopic (exact) mass is 364 g/mol. The van der Waals surface area contributed by atoms with E-state index in [9.17, 15) is 4.79 Å². The van der Waals surface area contributed by atoms with Crippen LogP contribution in [-0.4, -0.2) is 12.0 Å². The molecule has 3 nitrogen and oxygen atoms in total. The minimum absolute atomic E-state index is 0.0517. The molecule has 24 heavy (non-hydrogen) atoms. The molecule has 2 fully saturated rings. The fraction of sp³-hybridized carbons (Fsp3) is 0.632. The molecule has 1 aromatic carbocycles. The van der Waals surface area contributed by atoms with E-state index in [1.807, 2.05) is 0 Å². The van der Waals surface area contributed by atoms with Crippen LogP contribution in [0.2, 0.25) is 0 Å². The van der Waals surface area contributed by atoms with Gasteiger partial charge in [0.25, 0.3) is 0 Å². The molecule has 4 rings (SSSR count). The summed E-state index contributed by atoms with van der Waals surface area (Å²) in [5.41, 5.74) is 2.80. The van der Waals surface area contributed by atoms with E-state index in [2.05, 4.69) is 42.6 Å². The Kier molecular flexibility index (Phi) is 4.38. The number of thioether (sulfide) groups is 1. The Morgan fingerprint density at radius 3 is 2.83 bits per heavy atom. The molecule has 1 aromatic rings. The van der Waals surface area contributed by atoms with E-state index < -0.39 is 0 Å². The highest BCUT2D eigenvalue weighted by atomic mass is 32.2. The van der Waals surface area contributed by atoms with Crippen LogP contribution in [-0.2, 0) is 15.5 Å². The van der Waals surface area contributed by atoms with Crippen LogP contribution in [0, 0.1) is 17.3 Å². The number of ketones is 1. The fourth-order valence-corrected chi connectivity index (χ4v) is 6.23. The van der Waals surface area contributed by atoms with Gasteiger partial charge in [0.05, 0.1) is 4.90 Å². The fourth-order valence-electron chi connectivity index (χ4n) is 5.61. The Hall–Kier alpha value is -0.650. The SMILES string of the molecule is CSc1cc2c(cc1OOS)CCC1C2CCC2(C)C(=O)CCC12. The van der Waals surface area contributed by atoms with Gasteiger partial charge in [-0.15, -0.1) is 16.1 Å². The summed E-state index contributed by atoms with van der Waals surface area (Å²) in [6, 6.07) is 4.42. The molecule has 2 saturated carbocycles. The molecule has 0 aliphatic heterocycles. The van der Waals surface area contributed by atoms with Crippen LogP contribution in [0.4, 0.5) is 0 Å². The predicted octanol–water partition coefficient (Wildman–Crippen LogP) is 4.99. The van der Waals surface area contributed by atoms with E-state index in [0.29, 0.717) is 23.5 Å². The summed E-state index contributed by atoms with van der Waals surface area (Å²) in [7, 11) is 0. The predicted molar refractivity (Wildman–Crippen MR) is 98.5 cm³/mol. The highest BCUT2D eigenvalue weighted by Gasteiger charge is 2.54. The molecule has 5 heteroatoms. The van der Waals surface area contributed by atoms with Gasteiger partial charge in [-0.2, -0.15) is 0 Å². The number of benzene rings is 1. The van der Waals surface area contributed by atoms with E-state index >= 15 is 0 Å². The van der Waals surface area contributed by atoms with Gasteiger partial charge in [0.15, 0.2) is 5.75 Å². The molecular formula is C19H24O3S2. The number of hydrogen-bond acceptors (Lipinski definition) is 5. The van der Waals surface area contributed by atoms with Crippen molar-refractivity contribution in [1.29, 1.82) is 0 Å². The molecule has 0 saturated heterocycles. The molecule has 4 atom stereocenters. The third-order valence-corrected chi connectivity index (χ3v) is 7.68. The second-order valence-electron chi connectivity index (χ2n) is 7.69. The maximum Gasteiger partial charge on any atom is 0.180 e. The summed E-state index contributed by atoms with van der Waals surface area (Å²) >= 11 is 5.39. The number of thiol groups is 1. The minimum atomic E-state index is -0.0517. The summed E-state index contributed by atoms with van der Waals surface area (Å²) in [5.74, 6) is 3.09. The normalized spacial score (nSPS) is 34.5. The van der Waals surface area contributed by atoms with Crippen molar-refractivity contribution in [3.8, 4) is 5.75 Å². The number of carbonyl (C=O) groups is 1. The van der Waals surface area contributed by atoms with Crippen molar-refractivity contribution in [2.45, 2.75) is 56.3 Å². The van der Waals surface area contributed by atoms with Gasteiger partial charge in [-0.1, -0.05) is 6.92 Å². The van der Waals surface area contributed by atoms with Gasteiger partial charge in [-0.3, -0.25) is 4.79 Å². The Morgan fingerprint density at radius 2 is 2.08 bits per heavy atom. The van der Waals surface area contributed by atoms with E-state index in [4.69, 9.17) is 4.89 Å². The van der Waals surface area contributed by atoms with Crippen LogP contribution in [0.3, 0.4) is 0 Å². The van der Waals surface area contributed by atoms with Gasteiger partial charge in [0, 0.05) is 24.7 Å². The quantitative estimate of drug-likeness (QED) is 0.269. The van der Waals surface area contributed by atoms with Crippen molar-refractivity contribution >= 4 is 30.5 Å². The van der Waals surface area contributed by atoms with Crippen LogP contribution in [0.5, 0.6) is 5.75 Å². The molecule has 0 bridgehead atoms. The molecule has 0 radical (unpaired) electrons. The maximum absolute atomic E-state index is 12.4. The van der Waals surface area contributed by atoms with Crippen LogP contribution >= 0.6 is 24.7 Å². The van der Waals surface area contributed by atoms with Gasteiger partial charge in [-0.05, 0) is 79.4 Å². The second-order valence-corrected chi connectivity index (χ2v) is 8.69. The zero-order chi connectivity index (χ0) is 16.9. The second kappa shape index (κ2) is 6.26. The van der Waals surface area contributed by atoms with Gasteiger partial charge >= 0.3 is 0 Å². The number of Topliss-reactive ketones (excluding diaryl/α,β-unsaturated/α-hetero) is 1. The van der Waals surface area contributed by atoms with Gasteiger partial charge in [0.2, 0.25) is 0 Å². The van der Waals surface area contributed by atoms with Gasteiger partial charge in [-0.25, -0.2) is 0 Å². The number of hydrogen-bond donors (Lipinski definition) is 1. The summed E-state index contributed by atoms with van der Waals surface area (Å²) < 4.78 is 4.59. The lowest BCUT2D eigenvalue weighted by molar-refractivity contribution is -0.129. The average Bonchev–Trinajstić information content (AvgIpc) is 2.89. The first-order valence-corrected chi connectivity index (χ1v) is 10.4. The summed E-state index contributed by atoms with van der Waals surface area (Å²) in [5, 5.41) is 0. The standard InChI is InChI=1S/C19H24O3S2/c1-19-8-7-12-13(15(19)5-6-18(19)20)4-3-11-9-16(21-22-23)17(24-2)10-14(11)12/h9-10,12-13,15,23H,3-8H2,1-2H3. The third-order valence-electron chi connectivity index (χ3n) is 6.85. The number of aryl methyl sites for hydroxylation is 1. The largest absolute Gasteiger partial charge is 0.324 e. The number of fused-ring (bicyclic) bond motifs is 5. The first-order chi connectivity index (χ1) is 11.6. The zero-order valence-electron chi connectivity index (χ0n) is 14.2. The summed E-state index contributed by atoms with van der Waals surface area (Å²) in [4.78, 5) is 18.8. The Morgan fingerprint density at radius 1 is 1.25 bits per heavy atom. The molecule has 4 unspecified atom stereocenters. The first-order valence-electron chi connectivity index (χ1n) is 8.80. The van der Waals surface area contributed by atoms with Crippen molar-refractivity contribution in [2.75, 3.05) is 6.26 Å². The van der Waals surface area contributed by atoms with E-state index in [0.717, 1.165) is 42.7 Å². The molecule has 0 aromatic heterocycles. The van der Waals surface area contributed by atoms with E-state index in [-0.39, 0.29) is 5.41 Å². The van der Waals surface area contributed by atoms with Crippen LogP contribution in [0.1, 0.15) is 56.1 Å². The lowest BCUT2D eigenvalue weighted by Gasteiger charge is -2.48. The lowest BCUT2D eigenvalue weighted by Crippen LogP contribution is -2.42. The summed E-state index contributed by atoms with van der Waals surface area (Å²) in [6.45, 7) is 2.23. The van der Waals surface area contributed by atoms with Gasteiger partial charge < -0.3 is 4.89 Å². The number of carbonyl (C=O) groups excluding carboxylic acids is 1. The molecule has 3 aliphatic carbocycles. The van der Waals surface area contributed by atoms with Crippen molar-refractivity contribution in [3.05, 3.63) is 23.3 Å². The average molecular weight is 365 g/mol. The minimum Gasteiger partial charge on any atom is -0.324 e. The molecule has 0 spiro atoms. The van der Waals surface area contributed by atoms with Crippen molar-refractivity contribution in [3.63, 3.8) is 0 Å². The Balaban J connectivity index is 1.71. The Labute approximate surface area is 153 Å². The molecular weight excluding hydrogens is 340 g/mol. The summed E-state index contributed by atoms with van der Waals surface area (Å²) in [6.07, 6.45) is 8.37. The topological polar surface area (TPSA) is 35.5 Å². The lowest BCUT2D eigenvalue weighted by atomic mass is 9.55. The van der Waals surface area contributed by atoms with Crippen molar-refractivity contribution in [2.24, 2.45) is 17.3 Å². The highest BCUT2D eigenvalue weighted by molar-refractivity contribution is 7.98. The molecule has 0 N–H and O–H groups in total. The Bertz CT molecular complexity index is 675. The molecule has 3 aliphatic rings. The molecule has 130 valence electrons. The number of rotatable bonds is 3. The van der Waals surface area contributed by atoms with Crippen molar-refractivity contribution < 1.29 is 14.0 Å². The molecule has 0 amide bonds. The highest BCUT2D eigenvalue weighted by Crippen LogP contribution is 2.60. The van der Waals surface area contributed by atoms with E-state index in [1.165, 1.54) is 17.5 Å². The smallest absolute Gasteiger partial charge is 0.180 e. The van der Waals surface area contributed by atoms with Gasteiger partial charge in [0.1, 0.15) is 5.78 Å². The van der Waals surface area contributed by atoms with E-state index in [1.54, 1.807) is 11.8 Å². The maximum atomic E-state index is 12.4.